The Hall–Kier alpha value is -0.950. The number of aromatic nitrogens is 1. The lowest BCUT2D eigenvalue weighted by molar-refractivity contribution is 0.0636. The largest absolute Gasteiger partial charge is 0.444 e. The minimum atomic E-state index is -3.09. The molecular formula is C12H19N2O5PS. The second-order valence-corrected chi connectivity index (χ2v) is 8.47. The molecule has 0 saturated carbocycles. The van der Waals surface area contributed by atoms with Crippen LogP contribution in [0.15, 0.2) is 5.38 Å². The maximum absolute atomic E-state index is 12.2. The summed E-state index contributed by atoms with van der Waals surface area (Å²) < 4.78 is 27.8. The van der Waals surface area contributed by atoms with Gasteiger partial charge in [0.15, 0.2) is 5.13 Å². The summed E-state index contributed by atoms with van der Waals surface area (Å²) in [5.41, 5.74) is -0.00486. The van der Waals surface area contributed by atoms with Crippen molar-refractivity contribution >= 4 is 30.2 Å². The lowest BCUT2D eigenvalue weighted by atomic mass is 10.2. The molecule has 1 amide bonds. The third-order valence-corrected chi connectivity index (χ3v) is 5.05. The van der Waals surface area contributed by atoms with Crippen LogP contribution in [0.5, 0.6) is 0 Å². The summed E-state index contributed by atoms with van der Waals surface area (Å²) in [5, 5.41) is 4.65. The van der Waals surface area contributed by atoms with Gasteiger partial charge in [0.05, 0.1) is 25.1 Å². The molecule has 1 aliphatic rings. The van der Waals surface area contributed by atoms with Crippen LogP contribution in [0, 0.1) is 0 Å². The Balaban J connectivity index is 1.92. The highest BCUT2D eigenvalue weighted by Gasteiger charge is 2.29. The number of carbonyl (C=O) groups is 1. The molecule has 0 aromatic carbocycles. The average molecular weight is 334 g/mol. The molecule has 21 heavy (non-hydrogen) atoms. The van der Waals surface area contributed by atoms with Crippen LogP contribution in [0.1, 0.15) is 32.9 Å². The first-order valence-electron chi connectivity index (χ1n) is 6.58. The van der Waals surface area contributed by atoms with Crippen LogP contribution >= 0.6 is 18.9 Å². The van der Waals surface area contributed by atoms with Gasteiger partial charge < -0.3 is 13.8 Å². The molecule has 1 aromatic heterocycles. The molecule has 1 N–H and O–H groups in total. The molecule has 0 atom stereocenters. The van der Waals surface area contributed by atoms with Gasteiger partial charge in [-0.3, -0.25) is 9.88 Å². The summed E-state index contributed by atoms with van der Waals surface area (Å²) in [7, 11) is -3.09. The standard InChI is InChI=1S/C12H19N2O5PS/c1-12(2,3)19-11(15)14-10-13-9(8-21-10)7-20(16)17-5-4-6-18-20/h8H,4-7H2,1-3H3,(H,13,14,15). The molecule has 1 aliphatic heterocycles. The van der Waals surface area contributed by atoms with Crippen LogP contribution in [0.2, 0.25) is 0 Å². The highest BCUT2D eigenvalue weighted by molar-refractivity contribution is 7.53. The van der Waals surface area contributed by atoms with Crippen LogP contribution in [-0.2, 0) is 24.5 Å². The van der Waals surface area contributed by atoms with Crippen LogP contribution in [0.4, 0.5) is 9.93 Å². The van der Waals surface area contributed by atoms with E-state index in [-0.39, 0.29) is 6.16 Å². The van der Waals surface area contributed by atoms with Crippen LogP contribution in [-0.4, -0.2) is 29.9 Å². The van der Waals surface area contributed by atoms with Crippen molar-refractivity contribution in [2.75, 3.05) is 18.5 Å². The fraction of sp³-hybridized carbons (Fsp3) is 0.667. The normalized spacial score (nSPS) is 18.2. The van der Waals surface area contributed by atoms with Gasteiger partial charge in [0.1, 0.15) is 5.60 Å². The van der Waals surface area contributed by atoms with E-state index in [2.05, 4.69) is 10.3 Å². The zero-order chi connectivity index (χ0) is 15.5. The van der Waals surface area contributed by atoms with Crippen molar-refractivity contribution in [3.05, 3.63) is 11.1 Å². The number of nitrogens with one attached hydrogen (secondary N) is 1. The van der Waals surface area contributed by atoms with Gasteiger partial charge in [0.25, 0.3) is 0 Å². The summed E-state index contributed by atoms with van der Waals surface area (Å²) in [6.07, 6.45) is 0.284. The fourth-order valence-corrected chi connectivity index (χ4v) is 4.07. The molecule has 1 fully saturated rings. The molecule has 9 heteroatoms. The van der Waals surface area contributed by atoms with Crippen LogP contribution in [0.25, 0.3) is 0 Å². The van der Waals surface area contributed by atoms with Crippen LogP contribution < -0.4 is 5.32 Å². The lowest BCUT2D eigenvalue weighted by Gasteiger charge is -2.22. The number of thiazole rings is 1. The van der Waals surface area contributed by atoms with E-state index in [4.69, 9.17) is 13.8 Å². The first-order chi connectivity index (χ1) is 9.76. The number of rotatable bonds is 3. The van der Waals surface area contributed by atoms with Gasteiger partial charge in [-0.1, -0.05) is 0 Å². The molecule has 1 aromatic rings. The molecule has 118 valence electrons. The first-order valence-corrected chi connectivity index (χ1v) is 9.19. The van der Waals surface area contributed by atoms with E-state index in [1.807, 2.05) is 0 Å². The minimum absolute atomic E-state index is 0.111. The Morgan fingerprint density at radius 3 is 2.76 bits per heavy atom. The Morgan fingerprint density at radius 1 is 1.48 bits per heavy atom. The SMILES string of the molecule is CC(C)(C)OC(=O)Nc1nc(CP2(=O)OCCCO2)cs1. The number of hydrogen-bond acceptors (Lipinski definition) is 7. The van der Waals surface area contributed by atoms with E-state index >= 15 is 0 Å². The second-order valence-electron chi connectivity index (χ2n) is 5.56. The van der Waals surface area contributed by atoms with Crippen molar-refractivity contribution in [3.63, 3.8) is 0 Å². The van der Waals surface area contributed by atoms with E-state index in [9.17, 15) is 9.36 Å². The molecule has 0 aliphatic carbocycles. The molecular weight excluding hydrogens is 315 g/mol. The summed E-state index contributed by atoms with van der Waals surface area (Å²) in [5.74, 6) is 0. The lowest BCUT2D eigenvalue weighted by Crippen LogP contribution is -2.27. The van der Waals surface area contributed by atoms with Crippen molar-refractivity contribution in [2.24, 2.45) is 0 Å². The van der Waals surface area contributed by atoms with Gasteiger partial charge in [-0.25, -0.2) is 9.78 Å². The van der Waals surface area contributed by atoms with E-state index in [1.54, 1.807) is 26.2 Å². The third-order valence-electron chi connectivity index (χ3n) is 2.38. The van der Waals surface area contributed by atoms with Gasteiger partial charge in [-0.2, -0.15) is 0 Å². The fourth-order valence-electron chi connectivity index (χ4n) is 1.62. The summed E-state index contributed by atoms with van der Waals surface area (Å²) in [6, 6.07) is 0. The Kier molecular flexibility index (Phi) is 5.03. The predicted molar refractivity (Wildman–Crippen MR) is 79.8 cm³/mol. The van der Waals surface area contributed by atoms with Gasteiger partial charge in [-0.05, 0) is 27.2 Å². The quantitative estimate of drug-likeness (QED) is 0.850. The first kappa shape index (κ1) is 16.4. The van der Waals surface area contributed by atoms with Gasteiger partial charge >= 0.3 is 13.7 Å². The van der Waals surface area contributed by atoms with Crippen molar-refractivity contribution in [1.29, 1.82) is 0 Å². The predicted octanol–water partition coefficient (Wildman–Crippen LogP) is 3.62. The average Bonchev–Trinajstić information content (AvgIpc) is 2.73. The molecule has 0 radical (unpaired) electrons. The number of amides is 1. The highest BCUT2D eigenvalue weighted by atomic mass is 32.1. The Bertz CT molecular complexity index is 544. The van der Waals surface area contributed by atoms with Crippen molar-refractivity contribution in [2.45, 2.75) is 39.0 Å². The van der Waals surface area contributed by atoms with Gasteiger partial charge in [-0.15, -0.1) is 11.3 Å². The van der Waals surface area contributed by atoms with Crippen molar-refractivity contribution in [1.82, 2.24) is 4.98 Å². The third kappa shape index (κ3) is 5.39. The minimum Gasteiger partial charge on any atom is -0.444 e. The second kappa shape index (κ2) is 6.44. The zero-order valence-electron chi connectivity index (χ0n) is 12.2. The van der Waals surface area contributed by atoms with Gasteiger partial charge in [0.2, 0.25) is 0 Å². The molecule has 2 heterocycles. The van der Waals surface area contributed by atoms with E-state index < -0.39 is 19.3 Å². The number of ether oxygens (including phenoxy) is 1. The summed E-state index contributed by atoms with van der Waals surface area (Å²) >= 11 is 1.24. The molecule has 0 unspecified atom stereocenters. The van der Waals surface area contributed by atoms with E-state index in [1.165, 1.54) is 11.3 Å². The topological polar surface area (TPSA) is 86.8 Å². The molecule has 1 saturated heterocycles. The number of anilines is 1. The zero-order valence-corrected chi connectivity index (χ0v) is 14.0. The summed E-state index contributed by atoms with van der Waals surface area (Å²) in [4.78, 5) is 15.8. The van der Waals surface area contributed by atoms with E-state index in [0.717, 1.165) is 6.42 Å². The van der Waals surface area contributed by atoms with Crippen LogP contribution in [0.3, 0.4) is 0 Å². The molecule has 2 rings (SSSR count). The maximum atomic E-state index is 12.2. The highest BCUT2D eigenvalue weighted by Crippen LogP contribution is 2.53. The van der Waals surface area contributed by atoms with Crippen molar-refractivity contribution in [3.8, 4) is 0 Å². The summed E-state index contributed by atoms with van der Waals surface area (Å²) in [6.45, 7) is 6.21. The monoisotopic (exact) mass is 334 g/mol. The number of carbonyl (C=O) groups excluding carboxylic acids is 1. The van der Waals surface area contributed by atoms with E-state index in [0.29, 0.717) is 24.0 Å². The molecule has 7 nitrogen and oxygen atoms in total. The molecule has 0 spiro atoms. The molecule has 0 bridgehead atoms. The number of hydrogen-bond donors (Lipinski definition) is 1. The smallest absolute Gasteiger partial charge is 0.413 e. The maximum Gasteiger partial charge on any atom is 0.413 e. The number of nitrogens with zero attached hydrogens (tertiary/aromatic N) is 1. The van der Waals surface area contributed by atoms with Gasteiger partial charge in [0, 0.05) is 5.38 Å². The Labute approximate surface area is 127 Å². The van der Waals surface area contributed by atoms with Crippen molar-refractivity contribution < 1.29 is 23.1 Å². The Morgan fingerprint density at radius 2 is 2.14 bits per heavy atom.